The van der Waals surface area contributed by atoms with Crippen LogP contribution in [-0.2, 0) is 11.2 Å². The monoisotopic (exact) mass is 312 g/mol. The molecule has 0 aromatic heterocycles. The predicted molar refractivity (Wildman–Crippen MR) is 90.5 cm³/mol. The van der Waals surface area contributed by atoms with Crippen molar-refractivity contribution < 1.29 is 14.3 Å². The van der Waals surface area contributed by atoms with Gasteiger partial charge in [0.2, 0.25) is 5.91 Å². The molecule has 1 aliphatic rings. The van der Waals surface area contributed by atoms with Crippen molar-refractivity contribution in [3.8, 4) is 11.5 Å². The van der Waals surface area contributed by atoms with Gasteiger partial charge in [0.1, 0.15) is 18.1 Å². The number of nitrogens with one attached hydrogen (secondary N) is 1. The summed E-state index contributed by atoms with van der Waals surface area (Å²) in [5.41, 5.74) is 2.70. The van der Waals surface area contributed by atoms with Crippen LogP contribution in [0, 0.1) is 0 Å². The number of likely N-dealkylation sites (N-methyl/N-ethyl adjacent to an activating group) is 1. The quantitative estimate of drug-likeness (QED) is 0.943. The number of benzene rings is 2. The summed E-state index contributed by atoms with van der Waals surface area (Å²) in [5, 5.41) is 2.91. The van der Waals surface area contributed by atoms with Crippen molar-refractivity contribution in [3.63, 3.8) is 0 Å². The van der Waals surface area contributed by atoms with Crippen LogP contribution in [0.3, 0.4) is 0 Å². The first-order valence-corrected chi connectivity index (χ1v) is 7.56. The number of carbonyl (C=O) groups is 1. The highest BCUT2D eigenvalue weighted by atomic mass is 16.5. The molecule has 1 aliphatic heterocycles. The van der Waals surface area contributed by atoms with E-state index >= 15 is 0 Å². The summed E-state index contributed by atoms with van der Waals surface area (Å²) in [7, 11) is 3.64. The van der Waals surface area contributed by atoms with Gasteiger partial charge in [0.05, 0.1) is 25.8 Å². The van der Waals surface area contributed by atoms with Crippen molar-refractivity contribution in [2.75, 3.05) is 37.5 Å². The Morgan fingerprint density at radius 2 is 2.17 bits per heavy atom. The summed E-state index contributed by atoms with van der Waals surface area (Å²) < 4.78 is 10.8. The highest BCUT2D eigenvalue weighted by molar-refractivity contribution is 5.93. The number of fused-ring (bicyclic) bond motifs is 1. The lowest BCUT2D eigenvalue weighted by atomic mass is 10.1. The standard InChI is InChI=1S/C18H20N2O3/c1-20-8-9-23-17-12-14(6-7-16(17)20)19-18(21)11-13-4-3-5-15(10-13)22-2/h3-7,10,12H,8-9,11H2,1-2H3,(H,19,21). The fourth-order valence-corrected chi connectivity index (χ4v) is 2.61. The third-order valence-electron chi connectivity index (χ3n) is 3.84. The van der Waals surface area contributed by atoms with Crippen LogP contribution in [0.5, 0.6) is 11.5 Å². The Labute approximate surface area is 135 Å². The molecule has 2 aromatic rings. The minimum atomic E-state index is -0.0673. The third-order valence-corrected chi connectivity index (χ3v) is 3.84. The van der Waals surface area contributed by atoms with E-state index in [9.17, 15) is 4.79 Å². The van der Waals surface area contributed by atoms with Gasteiger partial charge in [-0.1, -0.05) is 12.1 Å². The molecule has 5 heteroatoms. The summed E-state index contributed by atoms with van der Waals surface area (Å²) in [6, 6.07) is 13.2. The van der Waals surface area contributed by atoms with Crippen molar-refractivity contribution in [1.82, 2.24) is 0 Å². The summed E-state index contributed by atoms with van der Waals surface area (Å²) in [6.07, 6.45) is 0.301. The van der Waals surface area contributed by atoms with Crippen molar-refractivity contribution in [3.05, 3.63) is 48.0 Å². The Bertz CT molecular complexity index is 715. The maximum atomic E-state index is 12.2. The highest BCUT2D eigenvalue weighted by Gasteiger charge is 2.15. The van der Waals surface area contributed by atoms with Crippen molar-refractivity contribution in [1.29, 1.82) is 0 Å². The van der Waals surface area contributed by atoms with E-state index in [0.717, 1.165) is 35.0 Å². The molecule has 23 heavy (non-hydrogen) atoms. The Balaban J connectivity index is 1.68. The van der Waals surface area contributed by atoms with Crippen LogP contribution in [0.4, 0.5) is 11.4 Å². The molecule has 5 nitrogen and oxygen atoms in total. The van der Waals surface area contributed by atoms with Crippen LogP contribution in [0.2, 0.25) is 0 Å². The number of anilines is 2. The van der Waals surface area contributed by atoms with Gasteiger partial charge in [0.25, 0.3) is 0 Å². The smallest absolute Gasteiger partial charge is 0.228 e. The molecule has 120 valence electrons. The average molecular weight is 312 g/mol. The van der Waals surface area contributed by atoms with Crippen LogP contribution in [0.1, 0.15) is 5.56 Å². The van der Waals surface area contributed by atoms with Gasteiger partial charge in [0.15, 0.2) is 0 Å². The second-order valence-electron chi connectivity index (χ2n) is 5.53. The minimum Gasteiger partial charge on any atom is -0.497 e. The normalized spacial score (nSPS) is 13.0. The van der Waals surface area contributed by atoms with Gasteiger partial charge >= 0.3 is 0 Å². The molecule has 1 amide bonds. The van der Waals surface area contributed by atoms with Gasteiger partial charge < -0.3 is 19.7 Å². The van der Waals surface area contributed by atoms with E-state index in [1.807, 2.05) is 49.5 Å². The summed E-state index contributed by atoms with van der Waals surface area (Å²) in [4.78, 5) is 14.4. The van der Waals surface area contributed by atoms with E-state index < -0.39 is 0 Å². The lowest BCUT2D eigenvalue weighted by molar-refractivity contribution is -0.115. The Kier molecular flexibility index (Phi) is 4.37. The van der Waals surface area contributed by atoms with E-state index in [0.29, 0.717) is 13.0 Å². The van der Waals surface area contributed by atoms with Gasteiger partial charge in [-0.3, -0.25) is 4.79 Å². The molecule has 0 aliphatic carbocycles. The maximum Gasteiger partial charge on any atom is 0.228 e. The molecule has 0 saturated carbocycles. The number of amides is 1. The zero-order valence-corrected chi connectivity index (χ0v) is 13.3. The Hall–Kier alpha value is -2.69. The van der Waals surface area contributed by atoms with Crippen LogP contribution < -0.4 is 19.7 Å². The molecule has 2 aromatic carbocycles. The second-order valence-corrected chi connectivity index (χ2v) is 5.53. The minimum absolute atomic E-state index is 0.0673. The van der Waals surface area contributed by atoms with Crippen LogP contribution in [0.25, 0.3) is 0 Å². The van der Waals surface area contributed by atoms with Gasteiger partial charge in [-0.15, -0.1) is 0 Å². The van der Waals surface area contributed by atoms with E-state index in [1.54, 1.807) is 7.11 Å². The number of ether oxygens (including phenoxy) is 2. The fraction of sp³-hybridized carbons (Fsp3) is 0.278. The van der Waals surface area contributed by atoms with Crippen molar-refractivity contribution in [2.24, 2.45) is 0 Å². The van der Waals surface area contributed by atoms with Gasteiger partial charge in [-0.05, 0) is 29.8 Å². The topological polar surface area (TPSA) is 50.8 Å². The molecule has 1 N–H and O–H groups in total. The lowest BCUT2D eigenvalue weighted by Crippen LogP contribution is -2.28. The van der Waals surface area contributed by atoms with Crippen molar-refractivity contribution >= 4 is 17.3 Å². The summed E-state index contributed by atoms with van der Waals surface area (Å²) in [6.45, 7) is 1.53. The van der Waals surface area contributed by atoms with Crippen LogP contribution in [0.15, 0.2) is 42.5 Å². The zero-order chi connectivity index (χ0) is 16.2. The first-order chi connectivity index (χ1) is 11.2. The number of methoxy groups -OCH3 is 1. The van der Waals surface area contributed by atoms with Gasteiger partial charge in [0, 0.05) is 18.8 Å². The molecule has 3 rings (SSSR count). The molecule has 0 saturated heterocycles. The van der Waals surface area contributed by atoms with Gasteiger partial charge in [-0.2, -0.15) is 0 Å². The number of nitrogens with zero attached hydrogens (tertiary/aromatic N) is 1. The molecule has 0 bridgehead atoms. The predicted octanol–water partition coefficient (Wildman–Crippen LogP) is 2.71. The number of rotatable bonds is 4. The Morgan fingerprint density at radius 3 is 3.00 bits per heavy atom. The largest absolute Gasteiger partial charge is 0.497 e. The first kappa shape index (κ1) is 15.2. The van der Waals surface area contributed by atoms with E-state index in [2.05, 4.69) is 10.2 Å². The van der Waals surface area contributed by atoms with Crippen molar-refractivity contribution in [2.45, 2.75) is 6.42 Å². The second kappa shape index (κ2) is 6.60. The molecule has 0 fully saturated rings. The van der Waals surface area contributed by atoms with Crippen LogP contribution in [-0.4, -0.2) is 33.2 Å². The summed E-state index contributed by atoms with van der Waals surface area (Å²) in [5.74, 6) is 1.49. The van der Waals surface area contributed by atoms with E-state index in [-0.39, 0.29) is 5.91 Å². The maximum absolute atomic E-state index is 12.2. The molecule has 0 atom stereocenters. The molecule has 0 unspecified atom stereocenters. The zero-order valence-electron chi connectivity index (χ0n) is 13.3. The number of hydrogen-bond donors (Lipinski definition) is 1. The highest BCUT2D eigenvalue weighted by Crippen LogP contribution is 2.33. The van der Waals surface area contributed by atoms with E-state index in [4.69, 9.17) is 9.47 Å². The molecular formula is C18H20N2O3. The summed E-state index contributed by atoms with van der Waals surface area (Å²) >= 11 is 0. The van der Waals surface area contributed by atoms with Gasteiger partial charge in [-0.25, -0.2) is 0 Å². The van der Waals surface area contributed by atoms with E-state index in [1.165, 1.54) is 0 Å². The average Bonchev–Trinajstić information content (AvgIpc) is 2.55. The molecular weight excluding hydrogens is 292 g/mol. The van der Waals surface area contributed by atoms with Crippen LogP contribution >= 0.6 is 0 Å². The number of hydrogen-bond acceptors (Lipinski definition) is 4. The number of carbonyl (C=O) groups excluding carboxylic acids is 1. The Morgan fingerprint density at radius 1 is 1.30 bits per heavy atom. The first-order valence-electron chi connectivity index (χ1n) is 7.56. The molecule has 0 spiro atoms. The molecule has 0 radical (unpaired) electrons. The SMILES string of the molecule is COc1cccc(CC(=O)Nc2ccc3c(c2)OCCN3C)c1. The fourth-order valence-electron chi connectivity index (χ4n) is 2.61. The molecule has 1 heterocycles. The third kappa shape index (κ3) is 3.56. The lowest BCUT2D eigenvalue weighted by Gasteiger charge is -2.27.